The molecule has 4 nitrogen and oxygen atoms in total. The van der Waals surface area contributed by atoms with Crippen LogP contribution in [0.15, 0.2) is 29.2 Å². The van der Waals surface area contributed by atoms with Crippen molar-refractivity contribution in [1.82, 2.24) is 0 Å². The molecule has 0 radical (unpaired) electrons. The van der Waals surface area contributed by atoms with Crippen molar-refractivity contribution in [3.8, 4) is 0 Å². The molecule has 0 bridgehead atoms. The Morgan fingerprint density at radius 1 is 1.21 bits per heavy atom. The summed E-state index contributed by atoms with van der Waals surface area (Å²) in [5, 5.41) is 8.57. The Hall–Kier alpha value is 0.0900. The van der Waals surface area contributed by atoms with Crippen LogP contribution < -0.4 is 29.6 Å². The van der Waals surface area contributed by atoms with E-state index in [1.807, 2.05) is 0 Å². The summed E-state index contributed by atoms with van der Waals surface area (Å²) in [6.07, 6.45) is 0.458. The average molecular weight is 224 g/mol. The first-order chi connectivity index (χ1) is 6.04. The molecule has 1 aromatic carbocycles. The molecular weight excluding hydrogens is 215 g/mol. The molecule has 0 amide bonds. The van der Waals surface area contributed by atoms with Gasteiger partial charge in [0, 0.05) is 6.61 Å². The van der Waals surface area contributed by atoms with Crippen LogP contribution >= 0.6 is 0 Å². The fourth-order valence-corrected chi connectivity index (χ4v) is 1.42. The van der Waals surface area contributed by atoms with Gasteiger partial charge in [0.1, 0.15) is 10.1 Å². The average Bonchev–Trinajstić information content (AvgIpc) is 2.04. The van der Waals surface area contributed by atoms with Gasteiger partial charge in [-0.25, -0.2) is 8.42 Å². The summed E-state index contributed by atoms with van der Waals surface area (Å²) in [4.78, 5) is -0.241. The minimum absolute atomic E-state index is 0. The number of hydrogen-bond donors (Lipinski definition) is 1. The van der Waals surface area contributed by atoms with Crippen LogP contribution in [0.4, 0.5) is 0 Å². The minimum atomic E-state index is -4.35. The molecule has 0 fully saturated rings. The van der Waals surface area contributed by atoms with Crippen molar-refractivity contribution in [3.05, 3.63) is 29.8 Å². The Morgan fingerprint density at radius 3 is 2.07 bits per heavy atom. The van der Waals surface area contributed by atoms with E-state index >= 15 is 0 Å². The van der Waals surface area contributed by atoms with Gasteiger partial charge in [-0.1, -0.05) is 12.1 Å². The molecule has 0 saturated carbocycles. The molecular formula is C8H9NaO4S. The summed E-state index contributed by atoms with van der Waals surface area (Å²) < 4.78 is 31.5. The summed E-state index contributed by atoms with van der Waals surface area (Å²) in [7, 11) is -4.35. The second-order valence-electron chi connectivity index (χ2n) is 2.57. The van der Waals surface area contributed by atoms with Gasteiger partial charge in [0.25, 0.3) is 0 Å². The molecule has 0 aliphatic heterocycles. The Balaban J connectivity index is 0.00000169. The third kappa shape index (κ3) is 4.08. The predicted molar refractivity (Wildman–Crippen MR) is 45.2 cm³/mol. The van der Waals surface area contributed by atoms with Crippen LogP contribution in [-0.4, -0.2) is 24.7 Å². The molecule has 0 saturated heterocycles. The normalized spacial score (nSPS) is 10.7. The monoisotopic (exact) mass is 224 g/mol. The maximum Gasteiger partial charge on any atom is 1.00 e. The zero-order chi connectivity index (χ0) is 9.90. The maximum absolute atomic E-state index is 10.5. The molecule has 1 aromatic rings. The van der Waals surface area contributed by atoms with Crippen molar-refractivity contribution in [2.75, 3.05) is 6.61 Å². The van der Waals surface area contributed by atoms with Crippen molar-refractivity contribution >= 4 is 10.1 Å². The molecule has 0 aliphatic rings. The van der Waals surface area contributed by atoms with E-state index in [0.717, 1.165) is 5.56 Å². The van der Waals surface area contributed by atoms with Crippen LogP contribution in [0.2, 0.25) is 0 Å². The molecule has 0 heterocycles. The van der Waals surface area contributed by atoms with Crippen LogP contribution in [0.3, 0.4) is 0 Å². The van der Waals surface area contributed by atoms with E-state index in [4.69, 9.17) is 5.11 Å². The SMILES string of the molecule is O=S(=O)([O-])c1ccc(CCO)cc1.[Na+]. The van der Waals surface area contributed by atoms with Crippen molar-refractivity contribution in [2.24, 2.45) is 0 Å². The fourth-order valence-electron chi connectivity index (χ4n) is 0.952. The molecule has 0 atom stereocenters. The van der Waals surface area contributed by atoms with Crippen LogP contribution in [0.5, 0.6) is 0 Å². The summed E-state index contributed by atoms with van der Waals surface area (Å²) in [5.41, 5.74) is 0.801. The van der Waals surface area contributed by atoms with Gasteiger partial charge in [-0.15, -0.1) is 0 Å². The van der Waals surface area contributed by atoms with E-state index in [2.05, 4.69) is 0 Å². The van der Waals surface area contributed by atoms with Gasteiger partial charge in [-0.05, 0) is 24.1 Å². The maximum atomic E-state index is 10.5. The number of aliphatic hydroxyl groups is 1. The molecule has 0 unspecified atom stereocenters. The zero-order valence-corrected chi connectivity index (χ0v) is 10.6. The molecule has 0 spiro atoms. The third-order valence-corrected chi connectivity index (χ3v) is 2.46. The van der Waals surface area contributed by atoms with Crippen molar-refractivity contribution in [1.29, 1.82) is 0 Å². The standard InChI is InChI=1S/C8H10O4S.Na/c9-6-5-7-1-3-8(4-2-7)13(10,11)12;/h1-4,9H,5-6H2,(H,10,11,12);/q;+1/p-1. The number of rotatable bonds is 3. The van der Waals surface area contributed by atoms with Gasteiger partial charge in [-0.3, -0.25) is 0 Å². The second-order valence-corrected chi connectivity index (χ2v) is 3.95. The molecule has 0 aliphatic carbocycles. The van der Waals surface area contributed by atoms with Gasteiger partial charge in [-0.2, -0.15) is 0 Å². The summed E-state index contributed by atoms with van der Waals surface area (Å²) in [5.74, 6) is 0. The Kier molecular flexibility index (Phi) is 5.88. The fraction of sp³-hybridized carbons (Fsp3) is 0.250. The molecule has 1 N–H and O–H groups in total. The number of benzene rings is 1. The van der Waals surface area contributed by atoms with E-state index in [-0.39, 0.29) is 41.1 Å². The first-order valence-electron chi connectivity index (χ1n) is 3.70. The smallest absolute Gasteiger partial charge is 0.744 e. The summed E-state index contributed by atoms with van der Waals surface area (Å²) >= 11 is 0. The molecule has 1 rings (SSSR count). The first-order valence-corrected chi connectivity index (χ1v) is 5.10. The quantitative estimate of drug-likeness (QED) is 0.442. The number of hydrogen-bond acceptors (Lipinski definition) is 4. The predicted octanol–water partition coefficient (Wildman–Crippen LogP) is -2.87. The van der Waals surface area contributed by atoms with Gasteiger partial charge in [0.2, 0.25) is 0 Å². The van der Waals surface area contributed by atoms with Gasteiger partial charge < -0.3 is 9.66 Å². The van der Waals surface area contributed by atoms with Gasteiger partial charge in [0.05, 0.1) is 4.90 Å². The van der Waals surface area contributed by atoms with Gasteiger partial charge >= 0.3 is 29.6 Å². The third-order valence-electron chi connectivity index (χ3n) is 1.61. The Morgan fingerprint density at radius 2 is 1.71 bits per heavy atom. The summed E-state index contributed by atoms with van der Waals surface area (Å²) in [6.45, 7) is 0.00344. The Bertz CT molecular complexity index is 371. The van der Waals surface area contributed by atoms with E-state index in [0.29, 0.717) is 6.42 Å². The van der Waals surface area contributed by atoms with Crippen LogP contribution in [0.25, 0.3) is 0 Å². The molecule has 0 aromatic heterocycles. The van der Waals surface area contributed by atoms with E-state index in [9.17, 15) is 13.0 Å². The van der Waals surface area contributed by atoms with Gasteiger partial charge in [0.15, 0.2) is 0 Å². The molecule has 14 heavy (non-hydrogen) atoms. The molecule has 6 heteroatoms. The number of aliphatic hydroxyl groups excluding tert-OH is 1. The second kappa shape index (κ2) is 5.85. The van der Waals surface area contributed by atoms with Crippen molar-refractivity contribution < 1.29 is 47.6 Å². The van der Waals surface area contributed by atoms with E-state index < -0.39 is 10.1 Å². The minimum Gasteiger partial charge on any atom is -0.744 e. The summed E-state index contributed by atoms with van der Waals surface area (Å²) in [6, 6.07) is 5.52. The Labute approximate surface area is 105 Å². The van der Waals surface area contributed by atoms with E-state index in [1.165, 1.54) is 24.3 Å². The van der Waals surface area contributed by atoms with Crippen LogP contribution in [-0.2, 0) is 16.5 Å². The van der Waals surface area contributed by atoms with Crippen molar-refractivity contribution in [2.45, 2.75) is 11.3 Å². The van der Waals surface area contributed by atoms with E-state index in [1.54, 1.807) is 0 Å². The topological polar surface area (TPSA) is 77.4 Å². The zero-order valence-electron chi connectivity index (χ0n) is 7.80. The van der Waals surface area contributed by atoms with Crippen molar-refractivity contribution in [3.63, 3.8) is 0 Å². The first kappa shape index (κ1) is 14.1. The van der Waals surface area contributed by atoms with Crippen LogP contribution in [0.1, 0.15) is 5.56 Å². The molecule has 72 valence electrons. The van der Waals surface area contributed by atoms with Crippen LogP contribution in [0, 0.1) is 0 Å². The largest absolute Gasteiger partial charge is 1.00 e.